The van der Waals surface area contributed by atoms with Crippen molar-refractivity contribution in [2.24, 2.45) is 0 Å². The summed E-state index contributed by atoms with van der Waals surface area (Å²) >= 11 is 0. The van der Waals surface area contributed by atoms with E-state index in [-0.39, 0.29) is 5.69 Å². The molecule has 0 aromatic heterocycles. The molecule has 1 aliphatic heterocycles. The van der Waals surface area contributed by atoms with Crippen molar-refractivity contribution < 1.29 is 17.6 Å². The molecular formula is C14H18F4N2. The van der Waals surface area contributed by atoms with E-state index in [2.05, 4.69) is 5.32 Å². The van der Waals surface area contributed by atoms with Crippen LogP contribution in [0.4, 0.5) is 23.2 Å². The number of hydrogen-bond acceptors (Lipinski definition) is 2. The second-order valence-electron chi connectivity index (χ2n) is 4.98. The van der Waals surface area contributed by atoms with Gasteiger partial charge in [0.05, 0.1) is 11.3 Å². The van der Waals surface area contributed by atoms with Gasteiger partial charge >= 0.3 is 6.18 Å². The van der Waals surface area contributed by atoms with Crippen LogP contribution in [-0.2, 0) is 6.18 Å². The Morgan fingerprint density at radius 1 is 1.25 bits per heavy atom. The largest absolute Gasteiger partial charge is 0.416 e. The van der Waals surface area contributed by atoms with Gasteiger partial charge in [-0.3, -0.25) is 0 Å². The molecule has 112 valence electrons. The maximum atomic E-state index is 13.9. The molecule has 0 aliphatic carbocycles. The number of alkyl halides is 3. The van der Waals surface area contributed by atoms with Crippen LogP contribution in [-0.4, -0.2) is 25.7 Å². The Hall–Kier alpha value is -1.30. The second-order valence-corrected chi connectivity index (χ2v) is 4.98. The standard InChI is InChI=1S/C14H18F4N2/c1-2-19-11-5-7-20(8-6-11)13-4-3-10(9-12(13)15)14(16,17)18/h3-4,9,11,19H,2,5-8H2,1H3. The minimum atomic E-state index is -4.50. The lowest BCUT2D eigenvalue weighted by Crippen LogP contribution is -2.42. The topological polar surface area (TPSA) is 15.3 Å². The van der Waals surface area contributed by atoms with Crippen molar-refractivity contribution in [2.45, 2.75) is 32.0 Å². The van der Waals surface area contributed by atoms with Gasteiger partial charge in [0.1, 0.15) is 5.82 Å². The van der Waals surface area contributed by atoms with Gasteiger partial charge in [0.15, 0.2) is 0 Å². The summed E-state index contributed by atoms with van der Waals surface area (Å²) in [5.74, 6) is -0.804. The lowest BCUT2D eigenvalue weighted by atomic mass is 10.0. The number of benzene rings is 1. The molecule has 0 atom stereocenters. The summed E-state index contributed by atoms with van der Waals surface area (Å²) in [6, 6.07) is 3.15. The molecule has 1 aromatic rings. The van der Waals surface area contributed by atoms with Crippen molar-refractivity contribution in [3.05, 3.63) is 29.6 Å². The van der Waals surface area contributed by atoms with Gasteiger partial charge in [-0.15, -0.1) is 0 Å². The zero-order valence-corrected chi connectivity index (χ0v) is 11.3. The highest BCUT2D eigenvalue weighted by Crippen LogP contribution is 2.32. The molecule has 1 saturated heterocycles. The van der Waals surface area contributed by atoms with Gasteiger partial charge in [0, 0.05) is 19.1 Å². The minimum Gasteiger partial charge on any atom is -0.369 e. The second kappa shape index (κ2) is 5.99. The molecule has 0 unspecified atom stereocenters. The summed E-state index contributed by atoms with van der Waals surface area (Å²) in [6.07, 6.45) is -2.76. The van der Waals surface area contributed by atoms with Crippen LogP contribution in [0.15, 0.2) is 18.2 Å². The molecule has 2 rings (SSSR count). The van der Waals surface area contributed by atoms with Crippen molar-refractivity contribution in [2.75, 3.05) is 24.5 Å². The number of halogens is 4. The Balaban J connectivity index is 2.07. The van der Waals surface area contributed by atoms with Gasteiger partial charge in [0.25, 0.3) is 0 Å². The van der Waals surface area contributed by atoms with Crippen LogP contribution in [0.25, 0.3) is 0 Å². The van der Waals surface area contributed by atoms with E-state index in [1.165, 1.54) is 6.07 Å². The number of anilines is 1. The van der Waals surface area contributed by atoms with E-state index >= 15 is 0 Å². The third kappa shape index (κ3) is 3.42. The van der Waals surface area contributed by atoms with E-state index in [4.69, 9.17) is 0 Å². The number of nitrogens with zero attached hydrogens (tertiary/aromatic N) is 1. The van der Waals surface area contributed by atoms with Crippen LogP contribution in [0.5, 0.6) is 0 Å². The number of hydrogen-bond donors (Lipinski definition) is 1. The van der Waals surface area contributed by atoms with Gasteiger partial charge in [-0.1, -0.05) is 6.92 Å². The highest BCUT2D eigenvalue weighted by atomic mass is 19.4. The maximum Gasteiger partial charge on any atom is 0.416 e. The molecule has 1 aromatic carbocycles. The molecule has 1 heterocycles. The Kier molecular flexibility index (Phi) is 4.52. The highest BCUT2D eigenvalue weighted by Gasteiger charge is 2.32. The third-order valence-electron chi connectivity index (χ3n) is 3.60. The first-order valence-corrected chi connectivity index (χ1v) is 6.77. The van der Waals surface area contributed by atoms with Crippen molar-refractivity contribution in [3.8, 4) is 0 Å². The summed E-state index contributed by atoms with van der Waals surface area (Å²) in [4.78, 5) is 1.81. The number of nitrogens with one attached hydrogen (secondary N) is 1. The summed E-state index contributed by atoms with van der Waals surface area (Å²) < 4.78 is 51.3. The van der Waals surface area contributed by atoms with Crippen LogP contribution in [0, 0.1) is 5.82 Å². The van der Waals surface area contributed by atoms with Crippen molar-refractivity contribution in [1.82, 2.24) is 5.32 Å². The van der Waals surface area contributed by atoms with E-state index in [0.29, 0.717) is 25.2 Å². The average Bonchev–Trinajstić information content (AvgIpc) is 2.39. The molecule has 0 radical (unpaired) electrons. The molecular weight excluding hydrogens is 272 g/mol. The van der Waals surface area contributed by atoms with Crippen LogP contribution < -0.4 is 10.2 Å². The van der Waals surface area contributed by atoms with Crippen molar-refractivity contribution >= 4 is 5.69 Å². The lowest BCUT2D eigenvalue weighted by Gasteiger charge is -2.34. The minimum absolute atomic E-state index is 0.257. The van der Waals surface area contributed by atoms with Crippen molar-refractivity contribution in [3.63, 3.8) is 0 Å². The van der Waals surface area contributed by atoms with Crippen LogP contribution in [0.3, 0.4) is 0 Å². The molecule has 6 heteroatoms. The zero-order valence-electron chi connectivity index (χ0n) is 11.3. The fourth-order valence-electron chi connectivity index (χ4n) is 2.55. The first kappa shape index (κ1) is 15.1. The fraction of sp³-hybridized carbons (Fsp3) is 0.571. The van der Waals surface area contributed by atoms with E-state index in [9.17, 15) is 17.6 Å². The van der Waals surface area contributed by atoms with Gasteiger partial charge in [-0.05, 0) is 37.6 Å². The van der Waals surface area contributed by atoms with E-state index < -0.39 is 17.6 Å². The van der Waals surface area contributed by atoms with Crippen molar-refractivity contribution in [1.29, 1.82) is 0 Å². The summed E-state index contributed by atoms with van der Waals surface area (Å²) in [6.45, 7) is 4.22. The van der Waals surface area contributed by atoms with E-state index in [1.54, 1.807) is 0 Å². The van der Waals surface area contributed by atoms with Gasteiger partial charge in [-0.25, -0.2) is 4.39 Å². The molecule has 0 amide bonds. The van der Waals surface area contributed by atoms with E-state index in [1.807, 2.05) is 11.8 Å². The van der Waals surface area contributed by atoms with E-state index in [0.717, 1.165) is 25.5 Å². The normalized spacial score (nSPS) is 17.6. The number of rotatable bonds is 3. The first-order valence-electron chi connectivity index (χ1n) is 6.77. The van der Waals surface area contributed by atoms with Crippen LogP contribution in [0.2, 0.25) is 0 Å². The van der Waals surface area contributed by atoms with Gasteiger partial charge in [-0.2, -0.15) is 13.2 Å². The molecule has 20 heavy (non-hydrogen) atoms. The van der Waals surface area contributed by atoms with Crippen LogP contribution >= 0.6 is 0 Å². The Morgan fingerprint density at radius 2 is 1.90 bits per heavy atom. The quantitative estimate of drug-likeness (QED) is 0.858. The highest BCUT2D eigenvalue weighted by molar-refractivity contribution is 5.50. The SMILES string of the molecule is CCNC1CCN(c2ccc(C(F)(F)F)cc2F)CC1. The predicted molar refractivity (Wildman–Crippen MR) is 70.3 cm³/mol. The molecule has 0 saturated carbocycles. The molecule has 0 bridgehead atoms. The lowest BCUT2D eigenvalue weighted by molar-refractivity contribution is -0.137. The van der Waals surface area contributed by atoms with Gasteiger partial charge < -0.3 is 10.2 Å². The smallest absolute Gasteiger partial charge is 0.369 e. The maximum absolute atomic E-state index is 13.9. The zero-order chi connectivity index (χ0) is 14.8. The molecule has 0 spiro atoms. The van der Waals surface area contributed by atoms with Crippen LogP contribution in [0.1, 0.15) is 25.3 Å². The predicted octanol–water partition coefficient (Wildman–Crippen LogP) is 3.42. The molecule has 1 aliphatic rings. The molecule has 2 nitrogen and oxygen atoms in total. The fourth-order valence-corrected chi connectivity index (χ4v) is 2.55. The summed E-state index contributed by atoms with van der Waals surface area (Å²) in [5, 5.41) is 3.33. The Morgan fingerprint density at radius 3 is 2.40 bits per heavy atom. The molecule has 1 N–H and O–H groups in total. The monoisotopic (exact) mass is 290 g/mol. The first-order chi connectivity index (χ1) is 9.41. The summed E-state index contributed by atoms with van der Waals surface area (Å²) in [5.41, 5.74) is -0.686. The Labute approximate surface area is 115 Å². The number of piperidine rings is 1. The third-order valence-corrected chi connectivity index (χ3v) is 3.60. The van der Waals surface area contributed by atoms with Gasteiger partial charge in [0.2, 0.25) is 0 Å². The summed E-state index contributed by atoms with van der Waals surface area (Å²) in [7, 11) is 0. The average molecular weight is 290 g/mol. The molecule has 1 fully saturated rings. The Bertz CT molecular complexity index is 451.